The van der Waals surface area contributed by atoms with Crippen molar-refractivity contribution in [1.82, 2.24) is 0 Å². The van der Waals surface area contributed by atoms with Crippen LogP contribution >= 0.6 is 0 Å². The van der Waals surface area contributed by atoms with E-state index in [2.05, 4.69) is 0 Å². The van der Waals surface area contributed by atoms with Crippen LogP contribution < -0.4 is 14.2 Å². The van der Waals surface area contributed by atoms with E-state index < -0.39 is 11.9 Å². The minimum atomic E-state index is -0.979. The predicted octanol–water partition coefficient (Wildman–Crippen LogP) is 2.93. The number of benzene rings is 2. The quantitative estimate of drug-likeness (QED) is 0.888. The van der Waals surface area contributed by atoms with Crippen LogP contribution in [0.2, 0.25) is 0 Å². The number of carboxylic acids is 1. The molecule has 0 aliphatic carbocycles. The van der Waals surface area contributed by atoms with Crippen molar-refractivity contribution >= 4 is 5.97 Å². The van der Waals surface area contributed by atoms with Crippen LogP contribution in [-0.2, 0) is 4.79 Å². The van der Waals surface area contributed by atoms with Gasteiger partial charge in [0.05, 0.1) is 26.9 Å². The smallest absolute Gasteiger partial charge is 0.315 e. The van der Waals surface area contributed by atoms with Crippen molar-refractivity contribution in [1.29, 1.82) is 0 Å². The molecule has 1 atom stereocenters. The molecular weight excluding hydrogens is 284 g/mol. The molecule has 5 nitrogen and oxygen atoms in total. The van der Waals surface area contributed by atoms with Crippen LogP contribution in [0.5, 0.6) is 17.2 Å². The van der Waals surface area contributed by atoms with Gasteiger partial charge >= 0.3 is 5.97 Å². The Bertz CT molecular complexity index is 626. The molecule has 0 radical (unpaired) electrons. The highest BCUT2D eigenvalue weighted by molar-refractivity contribution is 5.83. The molecule has 5 heteroatoms. The second-order valence-corrected chi connectivity index (χ2v) is 4.63. The maximum absolute atomic E-state index is 11.8. The lowest BCUT2D eigenvalue weighted by atomic mass is 9.89. The molecule has 0 saturated carbocycles. The molecule has 22 heavy (non-hydrogen) atoms. The van der Waals surface area contributed by atoms with Gasteiger partial charge in [0, 0.05) is 12.1 Å². The van der Waals surface area contributed by atoms with Crippen molar-refractivity contribution < 1.29 is 24.1 Å². The first-order chi connectivity index (χ1) is 10.6. The summed E-state index contributed by atoms with van der Waals surface area (Å²) in [6.07, 6.45) is 0. The highest BCUT2D eigenvalue weighted by Gasteiger charge is 2.29. The zero-order valence-corrected chi connectivity index (χ0v) is 12.7. The van der Waals surface area contributed by atoms with Gasteiger partial charge < -0.3 is 19.3 Å². The monoisotopic (exact) mass is 302 g/mol. The van der Waals surface area contributed by atoms with Gasteiger partial charge in [-0.3, -0.25) is 4.79 Å². The Labute approximate surface area is 129 Å². The number of hydrogen-bond acceptors (Lipinski definition) is 4. The molecule has 0 aromatic heterocycles. The first kappa shape index (κ1) is 15.7. The Morgan fingerprint density at radius 3 is 1.91 bits per heavy atom. The van der Waals surface area contributed by atoms with Crippen molar-refractivity contribution in [2.75, 3.05) is 21.3 Å². The molecule has 0 spiro atoms. The average molecular weight is 302 g/mol. The van der Waals surface area contributed by atoms with E-state index in [9.17, 15) is 9.90 Å². The lowest BCUT2D eigenvalue weighted by Crippen LogP contribution is -2.15. The summed E-state index contributed by atoms with van der Waals surface area (Å²) in [6, 6.07) is 12.3. The number of carbonyl (C=O) groups is 1. The molecule has 0 saturated heterocycles. The van der Waals surface area contributed by atoms with Crippen LogP contribution in [0.4, 0.5) is 0 Å². The highest BCUT2D eigenvalue weighted by Crippen LogP contribution is 2.41. The summed E-state index contributed by atoms with van der Waals surface area (Å²) < 4.78 is 15.9. The molecule has 0 aliphatic heterocycles. The normalized spacial score (nSPS) is 11.6. The molecule has 0 fully saturated rings. The van der Waals surface area contributed by atoms with Gasteiger partial charge in [-0.2, -0.15) is 0 Å². The number of methoxy groups -OCH3 is 3. The summed E-state index contributed by atoms with van der Waals surface area (Å²) in [5.74, 6) is -0.514. The van der Waals surface area contributed by atoms with Crippen LogP contribution in [0.25, 0.3) is 0 Å². The van der Waals surface area contributed by atoms with E-state index in [1.807, 2.05) is 6.07 Å². The van der Waals surface area contributed by atoms with E-state index in [1.165, 1.54) is 21.3 Å². The SMILES string of the molecule is COc1cc(OC)c(C(C(=O)O)c2ccccc2)c(OC)c1. The number of aliphatic carboxylic acids is 1. The summed E-state index contributed by atoms with van der Waals surface area (Å²) in [4.78, 5) is 11.8. The van der Waals surface area contributed by atoms with Gasteiger partial charge in [-0.05, 0) is 5.56 Å². The Kier molecular flexibility index (Phi) is 4.88. The number of carboxylic acid groups (broad SMARTS) is 1. The Balaban J connectivity index is 2.68. The maximum atomic E-state index is 11.8. The third kappa shape index (κ3) is 2.98. The molecule has 0 bridgehead atoms. The summed E-state index contributed by atoms with van der Waals surface area (Å²) in [7, 11) is 4.50. The largest absolute Gasteiger partial charge is 0.496 e. The van der Waals surface area contributed by atoms with Gasteiger partial charge in [0.1, 0.15) is 23.2 Å². The van der Waals surface area contributed by atoms with E-state index >= 15 is 0 Å². The maximum Gasteiger partial charge on any atom is 0.315 e. The molecule has 2 aromatic rings. The standard InChI is InChI=1S/C17H18O5/c1-20-12-9-13(21-2)16(14(10-12)22-3)15(17(18)19)11-7-5-4-6-8-11/h4-10,15H,1-3H3,(H,18,19). The predicted molar refractivity (Wildman–Crippen MR) is 82.0 cm³/mol. The molecule has 1 N–H and O–H groups in total. The van der Waals surface area contributed by atoms with Crippen LogP contribution in [0.1, 0.15) is 17.0 Å². The fourth-order valence-corrected chi connectivity index (χ4v) is 2.40. The lowest BCUT2D eigenvalue weighted by Gasteiger charge is -2.20. The van der Waals surface area contributed by atoms with Crippen LogP contribution in [0.3, 0.4) is 0 Å². The molecule has 116 valence electrons. The van der Waals surface area contributed by atoms with E-state index in [1.54, 1.807) is 36.4 Å². The molecule has 2 aromatic carbocycles. The van der Waals surface area contributed by atoms with Crippen molar-refractivity contribution in [2.24, 2.45) is 0 Å². The number of ether oxygens (including phenoxy) is 3. The first-order valence-corrected chi connectivity index (χ1v) is 6.70. The minimum Gasteiger partial charge on any atom is -0.496 e. The Hall–Kier alpha value is -2.69. The van der Waals surface area contributed by atoms with Crippen molar-refractivity contribution in [2.45, 2.75) is 5.92 Å². The zero-order valence-electron chi connectivity index (χ0n) is 12.7. The van der Waals surface area contributed by atoms with E-state index in [-0.39, 0.29) is 0 Å². The number of rotatable bonds is 6. The third-order valence-electron chi connectivity index (χ3n) is 3.42. The second kappa shape index (κ2) is 6.85. The Morgan fingerprint density at radius 2 is 1.50 bits per heavy atom. The van der Waals surface area contributed by atoms with Gasteiger partial charge in [-0.1, -0.05) is 30.3 Å². The highest BCUT2D eigenvalue weighted by atomic mass is 16.5. The van der Waals surface area contributed by atoms with Crippen molar-refractivity contribution in [3.8, 4) is 17.2 Å². The molecule has 2 rings (SSSR count). The molecule has 1 unspecified atom stereocenters. The van der Waals surface area contributed by atoms with Crippen LogP contribution in [0, 0.1) is 0 Å². The van der Waals surface area contributed by atoms with E-state index in [0.717, 1.165) is 0 Å². The zero-order chi connectivity index (χ0) is 16.1. The molecular formula is C17H18O5. The lowest BCUT2D eigenvalue weighted by molar-refractivity contribution is -0.137. The summed E-state index contributed by atoms with van der Waals surface area (Å²) in [5, 5.41) is 9.70. The van der Waals surface area contributed by atoms with Gasteiger partial charge in [0.15, 0.2) is 0 Å². The van der Waals surface area contributed by atoms with Crippen molar-refractivity contribution in [3.05, 3.63) is 53.6 Å². The van der Waals surface area contributed by atoms with Gasteiger partial charge in [0.2, 0.25) is 0 Å². The van der Waals surface area contributed by atoms with Crippen molar-refractivity contribution in [3.63, 3.8) is 0 Å². The summed E-state index contributed by atoms with van der Waals surface area (Å²) >= 11 is 0. The fraction of sp³-hybridized carbons (Fsp3) is 0.235. The van der Waals surface area contributed by atoms with E-state index in [0.29, 0.717) is 28.4 Å². The van der Waals surface area contributed by atoms with Gasteiger partial charge in [-0.15, -0.1) is 0 Å². The topological polar surface area (TPSA) is 65.0 Å². The summed E-state index contributed by atoms with van der Waals surface area (Å²) in [5.41, 5.74) is 1.11. The van der Waals surface area contributed by atoms with E-state index in [4.69, 9.17) is 14.2 Å². The molecule has 0 heterocycles. The fourth-order valence-electron chi connectivity index (χ4n) is 2.40. The summed E-state index contributed by atoms with van der Waals surface area (Å²) in [6.45, 7) is 0. The molecule has 0 aliphatic rings. The Morgan fingerprint density at radius 1 is 0.955 bits per heavy atom. The number of hydrogen-bond donors (Lipinski definition) is 1. The minimum absolute atomic E-state index is 0.410. The van der Waals surface area contributed by atoms with Gasteiger partial charge in [-0.25, -0.2) is 0 Å². The van der Waals surface area contributed by atoms with Gasteiger partial charge in [0.25, 0.3) is 0 Å². The first-order valence-electron chi connectivity index (χ1n) is 6.70. The third-order valence-corrected chi connectivity index (χ3v) is 3.42. The van der Waals surface area contributed by atoms with Crippen LogP contribution in [-0.4, -0.2) is 32.4 Å². The van der Waals surface area contributed by atoms with Crippen LogP contribution in [0.15, 0.2) is 42.5 Å². The average Bonchev–Trinajstić information content (AvgIpc) is 2.55. The second-order valence-electron chi connectivity index (χ2n) is 4.63. The molecule has 0 amide bonds.